The molecule has 1 fully saturated rings. The Hall–Kier alpha value is -2.81. The first-order valence-electron chi connectivity index (χ1n) is 8.90. The molecule has 0 spiro atoms. The Kier molecular flexibility index (Phi) is 5.80. The summed E-state index contributed by atoms with van der Waals surface area (Å²) in [6.45, 7) is 8.37. The van der Waals surface area contributed by atoms with Crippen LogP contribution in [-0.2, 0) is 22.6 Å². The Bertz CT molecular complexity index is 889. The highest BCUT2D eigenvalue weighted by atomic mass is 16.5. The zero-order valence-corrected chi connectivity index (χ0v) is 15.9. The van der Waals surface area contributed by atoms with E-state index in [-0.39, 0.29) is 24.6 Å². The number of morpholine rings is 1. The highest BCUT2D eigenvalue weighted by Crippen LogP contribution is 2.12. The first-order valence-corrected chi connectivity index (χ1v) is 8.90. The quantitative estimate of drug-likeness (QED) is 0.795. The molecule has 3 heterocycles. The van der Waals surface area contributed by atoms with Gasteiger partial charge in [-0.15, -0.1) is 0 Å². The molecular formula is C18H24N6O3. The lowest BCUT2D eigenvalue weighted by atomic mass is 10.3. The molecule has 0 aliphatic carbocycles. The maximum Gasteiger partial charge on any atom is 0.256 e. The van der Waals surface area contributed by atoms with Crippen LogP contribution in [0.4, 0.5) is 5.95 Å². The molecule has 1 saturated heterocycles. The Balaban J connectivity index is 1.64. The van der Waals surface area contributed by atoms with Crippen molar-refractivity contribution in [1.29, 1.82) is 0 Å². The molecule has 0 aromatic carbocycles. The maximum atomic E-state index is 12.2. The van der Waals surface area contributed by atoms with E-state index >= 15 is 0 Å². The molecule has 144 valence electrons. The van der Waals surface area contributed by atoms with E-state index in [9.17, 15) is 9.59 Å². The number of nitrogens with one attached hydrogen (secondary N) is 1. The number of aryl methyl sites for hydroxylation is 2. The summed E-state index contributed by atoms with van der Waals surface area (Å²) in [4.78, 5) is 39.6. The standard InChI is InChI=1S/C18H24N6O3/c1-12-8-15(22-18(21-12)23-4-6-27-7-5-23)9-19-16(25)10-24-11-20-14(3)13(2)17(24)26/h8,11H,4-7,9-10H2,1-3H3,(H,19,25). The van der Waals surface area contributed by atoms with Crippen LogP contribution in [0, 0.1) is 20.8 Å². The first-order chi connectivity index (χ1) is 12.9. The van der Waals surface area contributed by atoms with E-state index in [1.165, 1.54) is 10.9 Å². The average Bonchev–Trinajstić information content (AvgIpc) is 2.67. The molecule has 0 saturated carbocycles. The first kappa shape index (κ1) is 19.0. The van der Waals surface area contributed by atoms with Gasteiger partial charge in [-0.2, -0.15) is 0 Å². The van der Waals surface area contributed by atoms with Gasteiger partial charge < -0.3 is 15.0 Å². The van der Waals surface area contributed by atoms with E-state index < -0.39 is 0 Å². The number of amides is 1. The molecule has 1 aliphatic rings. The summed E-state index contributed by atoms with van der Waals surface area (Å²) in [7, 11) is 0. The minimum Gasteiger partial charge on any atom is -0.378 e. The van der Waals surface area contributed by atoms with Crippen molar-refractivity contribution in [2.75, 3.05) is 31.2 Å². The highest BCUT2D eigenvalue weighted by molar-refractivity contribution is 5.75. The van der Waals surface area contributed by atoms with Crippen LogP contribution in [0.15, 0.2) is 17.2 Å². The lowest BCUT2D eigenvalue weighted by Gasteiger charge is -2.27. The van der Waals surface area contributed by atoms with Crippen molar-refractivity contribution in [3.63, 3.8) is 0 Å². The number of rotatable bonds is 5. The molecule has 2 aromatic heterocycles. The molecule has 1 aliphatic heterocycles. The predicted octanol–water partition coefficient (Wildman–Crippen LogP) is 0.112. The van der Waals surface area contributed by atoms with Crippen molar-refractivity contribution in [3.8, 4) is 0 Å². The average molecular weight is 372 g/mol. The van der Waals surface area contributed by atoms with Crippen LogP contribution in [0.3, 0.4) is 0 Å². The number of hydrogen-bond acceptors (Lipinski definition) is 7. The van der Waals surface area contributed by atoms with Gasteiger partial charge in [-0.05, 0) is 26.8 Å². The number of hydrogen-bond donors (Lipinski definition) is 1. The normalized spacial score (nSPS) is 14.3. The third kappa shape index (κ3) is 4.68. The van der Waals surface area contributed by atoms with Gasteiger partial charge in [-0.1, -0.05) is 0 Å². The van der Waals surface area contributed by atoms with E-state index in [1.54, 1.807) is 13.8 Å². The van der Waals surface area contributed by atoms with Crippen LogP contribution < -0.4 is 15.8 Å². The number of aromatic nitrogens is 4. The molecule has 0 bridgehead atoms. The van der Waals surface area contributed by atoms with Crippen LogP contribution in [-0.4, -0.2) is 51.7 Å². The fraction of sp³-hybridized carbons (Fsp3) is 0.500. The number of carbonyl (C=O) groups is 1. The minimum absolute atomic E-state index is 0.0761. The molecule has 3 rings (SSSR count). The van der Waals surface area contributed by atoms with Crippen LogP contribution >= 0.6 is 0 Å². The number of nitrogens with zero attached hydrogens (tertiary/aromatic N) is 5. The number of carbonyl (C=O) groups excluding carboxylic acids is 1. The third-order valence-electron chi connectivity index (χ3n) is 4.49. The van der Waals surface area contributed by atoms with Crippen molar-refractivity contribution in [3.05, 3.63) is 45.4 Å². The van der Waals surface area contributed by atoms with Crippen molar-refractivity contribution in [2.24, 2.45) is 0 Å². The van der Waals surface area contributed by atoms with Gasteiger partial charge >= 0.3 is 0 Å². The number of anilines is 1. The molecular weight excluding hydrogens is 348 g/mol. The summed E-state index contributed by atoms with van der Waals surface area (Å²) in [5, 5.41) is 2.81. The fourth-order valence-corrected chi connectivity index (χ4v) is 2.80. The smallest absolute Gasteiger partial charge is 0.256 e. The second-order valence-corrected chi connectivity index (χ2v) is 6.56. The Morgan fingerprint density at radius 2 is 1.96 bits per heavy atom. The second kappa shape index (κ2) is 8.26. The monoisotopic (exact) mass is 372 g/mol. The van der Waals surface area contributed by atoms with E-state index in [0.29, 0.717) is 30.4 Å². The molecule has 0 radical (unpaired) electrons. The lowest BCUT2D eigenvalue weighted by molar-refractivity contribution is -0.121. The molecule has 9 heteroatoms. The predicted molar refractivity (Wildman–Crippen MR) is 99.6 cm³/mol. The molecule has 9 nitrogen and oxygen atoms in total. The summed E-state index contributed by atoms with van der Waals surface area (Å²) >= 11 is 0. The van der Waals surface area contributed by atoms with E-state index in [4.69, 9.17) is 4.74 Å². The summed E-state index contributed by atoms with van der Waals surface area (Å²) in [6.07, 6.45) is 1.40. The van der Waals surface area contributed by atoms with Gasteiger partial charge in [0.15, 0.2) is 0 Å². The van der Waals surface area contributed by atoms with Crippen LogP contribution in [0.1, 0.15) is 22.6 Å². The van der Waals surface area contributed by atoms with Crippen molar-refractivity contribution in [1.82, 2.24) is 24.8 Å². The summed E-state index contributed by atoms with van der Waals surface area (Å²) < 4.78 is 6.66. The summed E-state index contributed by atoms with van der Waals surface area (Å²) in [5.41, 5.74) is 2.58. The van der Waals surface area contributed by atoms with Crippen LogP contribution in [0.5, 0.6) is 0 Å². The zero-order valence-electron chi connectivity index (χ0n) is 15.9. The Morgan fingerprint density at radius 3 is 2.70 bits per heavy atom. The largest absolute Gasteiger partial charge is 0.378 e. The maximum absolute atomic E-state index is 12.2. The van der Waals surface area contributed by atoms with Gasteiger partial charge in [-0.25, -0.2) is 15.0 Å². The van der Waals surface area contributed by atoms with Crippen molar-refractivity contribution >= 4 is 11.9 Å². The van der Waals surface area contributed by atoms with E-state index in [1.807, 2.05) is 13.0 Å². The number of ether oxygens (including phenoxy) is 1. The van der Waals surface area contributed by atoms with Gasteiger partial charge in [0.25, 0.3) is 5.56 Å². The fourth-order valence-electron chi connectivity index (χ4n) is 2.80. The van der Waals surface area contributed by atoms with Gasteiger partial charge in [0, 0.05) is 30.0 Å². The third-order valence-corrected chi connectivity index (χ3v) is 4.49. The Labute approximate surface area is 157 Å². The zero-order chi connectivity index (χ0) is 19.4. The molecule has 1 N–H and O–H groups in total. The topological polar surface area (TPSA) is 102 Å². The van der Waals surface area contributed by atoms with E-state index in [2.05, 4.69) is 25.2 Å². The van der Waals surface area contributed by atoms with Gasteiger partial charge in [0.05, 0.1) is 31.8 Å². The van der Waals surface area contributed by atoms with E-state index in [0.717, 1.165) is 24.5 Å². The van der Waals surface area contributed by atoms with Crippen LogP contribution in [0.25, 0.3) is 0 Å². The molecule has 1 amide bonds. The SMILES string of the molecule is Cc1cc(CNC(=O)Cn2cnc(C)c(C)c2=O)nc(N2CCOCC2)n1. The minimum atomic E-state index is -0.272. The molecule has 27 heavy (non-hydrogen) atoms. The van der Waals surface area contributed by atoms with Gasteiger partial charge in [0.2, 0.25) is 11.9 Å². The van der Waals surface area contributed by atoms with Gasteiger partial charge in [-0.3, -0.25) is 14.2 Å². The van der Waals surface area contributed by atoms with Crippen LogP contribution in [0.2, 0.25) is 0 Å². The highest BCUT2D eigenvalue weighted by Gasteiger charge is 2.15. The Morgan fingerprint density at radius 1 is 1.22 bits per heavy atom. The lowest BCUT2D eigenvalue weighted by Crippen LogP contribution is -2.38. The van der Waals surface area contributed by atoms with Gasteiger partial charge in [0.1, 0.15) is 6.54 Å². The molecule has 2 aromatic rings. The van der Waals surface area contributed by atoms with Crippen molar-refractivity contribution in [2.45, 2.75) is 33.9 Å². The second-order valence-electron chi connectivity index (χ2n) is 6.56. The summed E-state index contributed by atoms with van der Waals surface area (Å²) in [6, 6.07) is 1.84. The molecule has 0 atom stereocenters. The summed E-state index contributed by atoms with van der Waals surface area (Å²) in [5.74, 6) is 0.378. The molecule has 0 unspecified atom stereocenters. The van der Waals surface area contributed by atoms with Crippen molar-refractivity contribution < 1.29 is 9.53 Å².